The summed E-state index contributed by atoms with van der Waals surface area (Å²) in [5.74, 6) is -0.322. The predicted octanol–water partition coefficient (Wildman–Crippen LogP) is 4.56. The second-order valence-electron chi connectivity index (χ2n) is 5.60. The van der Waals surface area contributed by atoms with E-state index in [1.807, 2.05) is 29.6 Å². The van der Waals surface area contributed by atoms with Crippen LogP contribution in [0.3, 0.4) is 0 Å². The van der Waals surface area contributed by atoms with Crippen LogP contribution >= 0.6 is 11.3 Å². The molecule has 6 heteroatoms. The first-order chi connectivity index (χ1) is 12.1. The van der Waals surface area contributed by atoms with E-state index in [2.05, 4.69) is 15.6 Å². The molecule has 0 aliphatic rings. The highest BCUT2D eigenvalue weighted by Gasteiger charge is 2.04. The third-order valence-corrected chi connectivity index (χ3v) is 4.41. The molecule has 2 N–H and O–H groups in total. The zero-order valence-corrected chi connectivity index (χ0v) is 14.6. The number of anilines is 2. The number of rotatable bonds is 6. The number of thiazole rings is 1. The van der Waals surface area contributed by atoms with Crippen LogP contribution < -0.4 is 10.6 Å². The number of hydrogen-bond acceptors (Lipinski definition) is 4. The van der Waals surface area contributed by atoms with Crippen LogP contribution in [0.5, 0.6) is 0 Å². The summed E-state index contributed by atoms with van der Waals surface area (Å²) in [6, 6.07) is 14.1. The smallest absolute Gasteiger partial charge is 0.221 e. The Bertz CT molecular complexity index is 844. The van der Waals surface area contributed by atoms with Crippen molar-refractivity contribution in [2.45, 2.75) is 13.3 Å². The summed E-state index contributed by atoms with van der Waals surface area (Å²) < 4.78 is 13.0. The largest absolute Gasteiger partial charge is 0.361 e. The van der Waals surface area contributed by atoms with Crippen molar-refractivity contribution < 1.29 is 9.18 Å². The summed E-state index contributed by atoms with van der Waals surface area (Å²) in [7, 11) is 0. The fourth-order valence-electron chi connectivity index (χ4n) is 2.38. The van der Waals surface area contributed by atoms with Gasteiger partial charge in [-0.15, -0.1) is 11.3 Å². The summed E-state index contributed by atoms with van der Waals surface area (Å²) in [4.78, 5) is 15.5. The highest BCUT2D eigenvalue weighted by atomic mass is 32.1. The highest BCUT2D eigenvalue weighted by Crippen LogP contribution is 2.25. The Hall–Kier alpha value is -2.73. The van der Waals surface area contributed by atoms with Crippen LogP contribution in [-0.2, 0) is 11.2 Å². The molecule has 0 atom stereocenters. The summed E-state index contributed by atoms with van der Waals surface area (Å²) >= 11 is 1.53. The van der Waals surface area contributed by atoms with E-state index in [1.54, 1.807) is 12.1 Å². The van der Waals surface area contributed by atoms with Gasteiger partial charge in [0.15, 0.2) is 5.13 Å². The molecule has 1 heterocycles. The minimum Gasteiger partial charge on any atom is -0.361 e. The normalized spacial score (nSPS) is 10.5. The lowest BCUT2D eigenvalue weighted by Crippen LogP contribution is -2.06. The molecule has 128 valence electrons. The zero-order valence-electron chi connectivity index (χ0n) is 13.8. The van der Waals surface area contributed by atoms with Crippen molar-refractivity contribution >= 4 is 28.1 Å². The zero-order chi connectivity index (χ0) is 17.6. The number of carbonyl (C=O) groups is 1. The van der Waals surface area contributed by atoms with E-state index >= 15 is 0 Å². The van der Waals surface area contributed by atoms with Crippen LogP contribution in [0.25, 0.3) is 11.3 Å². The van der Waals surface area contributed by atoms with Crippen molar-refractivity contribution in [3.63, 3.8) is 0 Å². The van der Waals surface area contributed by atoms with E-state index in [0.29, 0.717) is 0 Å². The number of carbonyl (C=O) groups excluding carboxylic acids is 1. The average Bonchev–Trinajstić information content (AvgIpc) is 3.05. The molecular formula is C19H18FN3OS. The van der Waals surface area contributed by atoms with Crippen LogP contribution in [0.2, 0.25) is 0 Å². The van der Waals surface area contributed by atoms with Crippen molar-refractivity contribution in [2.24, 2.45) is 0 Å². The molecule has 1 amide bonds. The number of amides is 1. The van der Waals surface area contributed by atoms with Gasteiger partial charge in [0.1, 0.15) is 5.82 Å². The standard InChI is InChI=1S/C19H18FN3OS/c1-13(24)22-17-8-2-14(3-9-17)10-11-21-19-23-18(12-25-19)15-4-6-16(20)7-5-15/h2-9,12H,10-11H2,1H3,(H,21,23)(H,22,24). The van der Waals surface area contributed by atoms with Crippen molar-refractivity contribution in [3.8, 4) is 11.3 Å². The molecule has 0 unspecified atom stereocenters. The third-order valence-electron chi connectivity index (χ3n) is 3.61. The van der Waals surface area contributed by atoms with Gasteiger partial charge in [0.25, 0.3) is 0 Å². The quantitative estimate of drug-likeness (QED) is 0.681. The lowest BCUT2D eigenvalue weighted by Gasteiger charge is -2.05. The van der Waals surface area contributed by atoms with E-state index in [4.69, 9.17) is 0 Å². The average molecular weight is 355 g/mol. The first kappa shape index (κ1) is 17.1. The molecule has 0 aliphatic heterocycles. The molecule has 3 aromatic rings. The summed E-state index contributed by atoms with van der Waals surface area (Å²) in [5, 5.41) is 8.85. The van der Waals surface area contributed by atoms with Gasteiger partial charge in [-0.1, -0.05) is 12.1 Å². The molecule has 0 spiro atoms. The SMILES string of the molecule is CC(=O)Nc1ccc(CCNc2nc(-c3ccc(F)cc3)cs2)cc1. The molecule has 4 nitrogen and oxygen atoms in total. The molecule has 0 saturated carbocycles. The molecule has 25 heavy (non-hydrogen) atoms. The lowest BCUT2D eigenvalue weighted by molar-refractivity contribution is -0.114. The van der Waals surface area contributed by atoms with Gasteiger partial charge in [-0.3, -0.25) is 4.79 Å². The lowest BCUT2D eigenvalue weighted by atomic mass is 10.1. The van der Waals surface area contributed by atoms with Crippen molar-refractivity contribution in [1.29, 1.82) is 0 Å². The van der Waals surface area contributed by atoms with Gasteiger partial charge < -0.3 is 10.6 Å². The maximum absolute atomic E-state index is 13.0. The Morgan fingerprint density at radius 1 is 1.12 bits per heavy atom. The maximum Gasteiger partial charge on any atom is 0.221 e. The highest BCUT2D eigenvalue weighted by molar-refractivity contribution is 7.14. The molecule has 1 aromatic heterocycles. The molecule has 0 fully saturated rings. The number of nitrogens with one attached hydrogen (secondary N) is 2. The molecule has 3 rings (SSSR count). The van der Waals surface area contributed by atoms with Crippen LogP contribution in [0, 0.1) is 5.82 Å². The van der Waals surface area contributed by atoms with E-state index in [9.17, 15) is 9.18 Å². The van der Waals surface area contributed by atoms with Crippen molar-refractivity contribution in [2.75, 3.05) is 17.2 Å². The number of benzene rings is 2. The van der Waals surface area contributed by atoms with Gasteiger partial charge in [-0.25, -0.2) is 9.37 Å². The predicted molar refractivity (Wildman–Crippen MR) is 100 cm³/mol. The van der Waals surface area contributed by atoms with Crippen molar-refractivity contribution in [3.05, 3.63) is 65.3 Å². The second-order valence-corrected chi connectivity index (χ2v) is 6.46. The molecule has 2 aromatic carbocycles. The van der Waals surface area contributed by atoms with Crippen LogP contribution in [0.15, 0.2) is 53.9 Å². The molecule has 0 saturated heterocycles. The van der Waals surface area contributed by atoms with Gasteiger partial charge in [0, 0.05) is 30.1 Å². The van der Waals surface area contributed by atoms with Gasteiger partial charge in [-0.2, -0.15) is 0 Å². The summed E-state index contributed by atoms with van der Waals surface area (Å²) in [5.41, 5.74) is 3.72. The van der Waals surface area contributed by atoms with Gasteiger partial charge in [0.05, 0.1) is 5.69 Å². The van der Waals surface area contributed by atoms with Crippen LogP contribution in [0.4, 0.5) is 15.2 Å². The van der Waals surface area contributed by atoms with E-state index in [0.717, 1.165) is 35.0 Å². The first-order valence-electron chi connectivity index (χ1n) is 7.92. The number of halogens is 1. The Morgan fingerprint density at radius 2 is 1.84 bits per heavy atom. The van der Waals surface area contributed by atoms with Gasteiger partial charge in [0.2, 0.25) is 5.91 Å². The fraction of sp³-hybridized carbons (Fsp3) is 0.158. The van der Waals surface area contributed by atoms with Gasteiger partial charge in [-0.05, 0) is 48.4 Å². The monoisotopic (exact) mass is 355 g/mol. The van der Waals surface area contributed by atoms with Gasteiger partial charge >= 0.3 is 0 Å². The maximum atomic E-state index is 13.0. The fourth-order valence-corrected chi connectivity index (χ4v) is 3.13. The molecule has 0 aliphatic carbocycles. The molecular weight excluding hydrogens is 337 g/mol. The number of nitrogens with zero attached hydrogens (tertiary/aromatic N) is 1. The first-order valence-corrected chi connectivity index (χ1v) is 8.80. The van der Waals surface area contributed by atoms with E-state index in [1.165, 1.54) is 36.0 Å². The van der Waals surface area contributed by atoms with Crippen molar-refractivity contribution in [1.82, 2.24) is 4.98 Å². The Balaban J connectivity index is 1.52. The Kier molecular flexibility index (Phi) is 5.40. The Morgan fingerprint density at radius 3 is 2.52 bits per heavy atom. The molecule has 0 bridgehead atoms. The minimum atomic E-state index is -0.248. The number of hydrogen-bond donors (Lipinski definition) is 2. The topological polar surface area (TPSA) is 54.0 Å². The Labute approximate surface area is 149 Å². The van der Waals surface area contributed by atoms with Crippen LogP contribution in [-0.4, -0.2) is 17.4 Å². The second kappa shape index (κ2) is 7.90. The third kappa shape index (κ3) is 4.87. The number of aromatic nitrogens is 1. The molecule has 0 radical (unpaired) electrons. The van der Waals surface area contributed by atoms with E-state index < -0.39 is 0 Å². The summed E-state index contributed by atoms with van der Waals surface area (Å²) in [6.07, 6.45) is 0.853. The minimum absolute atomic E-state index is 0.0739. The summed E-state index contributed by atoms with van der Waals surface area (Å²) in [6.45, 7) is 2.25. The van der Waals surface area contributed by atoms with E-state index in [-0.39, 0.29) is 11.7 Å². The van der Waals surface area contributed by atoms with Crippen LogP contribution in [0.1, 0.15) is 12.5 Å².